The second kappa shape index (κ2) is 3.93. The van der Waals surface area contributed by atoms with Gasteiger partial charge in [0.2, 0.25) is 0 Å². The van der Waals surface area contributed by atoms with Crippen molar-refractivity contribution in [1.82, 2.24) is 0 Å². The summed E-state index contributed by atoms with van der Waals surface area (Å²) in [7, 11) is 0. The molecule has 1 radical (unpaired) electrons. The highest BCUT2D eigenvalue weighted by atomic mass is 16.3. The van der Waals surface area contributed by atoms with Crippen molar-refractivity contribution in [2.45, 2.75) is 13.0 Å². The van der Waals surface area contributed by atoms with Crippen LogP contribution < -0.4 is 0 Å². The largest absolute Gasteiger partial charge is 0.508 e. The van der Waals surface area contributed by atoms with Crippen LogP contribution in [0.25, 0.3) is 0 Å². The summed E-state index contributed by atoms with van der Waals surface area (Å²) in [6.07, 6.45) is 2.29. The lowest BCUT2D eigenvalue weighted by atomic mass is 10.1. The minimum absolute atomic E-state index is 0.229. The summed E-state index contributed by atoms with van der Waals surface area (Å²) in [5.41, 5.74) is 1.46. The van der Waals surface area contributed by atoms with Crippen molar-refractivity contribution in [3.8, 4) is 5.75 Å². The van der Waals surface area contributed by atoms with Crippen LogP contribution in [0.5, 0.6) is 5.75 Å². The van der Waals surface area contributed by atoms with Gasteiger partial charge >= 0.3 is 0 Å². The number of benzene rings is 1. The van der Waals surface area contributed by atoms with Gasteiger partial charge in [-0.2, -0.15) is 0 Å². The van der Waals surface area contributed by atoms with Gasteiger partial charge < -0.3 is 5.11 Å². The van der Waals surface area contributed by atoms with Crippen LogP contribution in [0.1, 0.15) is 11.1 Å². The van der Waals surface area contributed by atoms with Crippen molar-refractivity contribution >= 4 is 0 Å². The minimum atomic E-state index is -0.246. The molecule has 2 nitrogen and oxygen atoms in total. The van der Waals surface area contributed by atoms with Crippen LogP contribution in [0.2, 0.25) is 0 Å². The summed E-state index contributed by atoms with van der Waals surface area (Å²) in [6, 6.07) is 4.89. The van der Waals surface area contributed by atoms with Crippen molar-refractivity contribution in [2.24, 2.45) is 0 Å². The fourth-order valence-electron chi connectivity index (χ4n) is 1.05. The molecule has 0 aliphatic rings. The molecule has 0 unspecified atom stereocenters. The third-order valence-corrected chi connectivity index (χ3v) is 1.67. The van der Waals surface area contributed by atoms with Gasteiger partial charge in [-0.3, -0.25) is 0 Å². The van der Waals surface area contributed by atoms with Crippen molar-refractivity contribution in [1.29, 1.82) is 0 Å². The molecule has 2 heteroatoms. The molecule has 0 heterocycles. The molecule has 12 heavy (non-hydrogen) atoms. The van der Waals surface area contributed by atoms with Gasteiger partial charge in [-0.15, -0.1) is 6.58 Å². The number of allylic oxidation sites excluding steroid dienone is 1. The number of hydrogen-bond donors (Lipinski definition) is 1. The van der Waals surface area contributed by atoms with E-state index >= 15 is 0 Å². The summed E-state index contributed by atoms with van der Waals surface area (Å²) in [5, 5.41) is 19.8. The van der Waals surface area contributed by atoms with Gasteiger partial charge in [0, 0.05) is 0 Å². The molecule has 0 aliphatic heterocycles. The molecule has 0 saturated carbocycles. The highest BCUT2D eigenvalue weighted by Crippen LogP contribution is 2.19. The summed E-state index contributed by atoms with van der Waals surface area (Å²) in [4.78, 5) is 0. The maximum absolute atomic E-state index is 10.5. The molecule has 0 fully saturated rings. The Labute approximate surface area is 71.8 Å². The molecule has 0 aromatic heterocycles. The maximum atomic E-state index is 10.5. The quantitative estimate of drug-likeness (QED) is 0.680. The average molecular weight is 163 g/mol. The molecular weight excluding hydrogens is 152 g/mol. The van der Waals surface area contributed by atoms with Crippen LogP contribution in [-0.2, 0) is 18.1 Å². The summed E-state index contributed by atoms with van der Waals surface area (Å²) >= 11 is 0. The first-order valence-corrected chi connectivity index (χ1v) is 3.77. The Kier molecular flexibility index (Phi) is 2.88. The molecule has 1 aromatic carbocycles. The van der Waals surface area contributed by atoms with Crippen LogP contribution >= 0.6 is 0 Å². The predicted octanol–water partition coefficient (Wildman–Crippen LogP) is 2.05. The molecule has 1 aromatic rings. The standard InChI is InChI=1S/C10H11O2/c1-2-3-9-6-8(7-11)4-5-10(9)12/h2,4-6,12H,1,3,7H2. The van der Waals surface area contributed by atoms with Gasteiger partial charge in [0.25, 0.3) is 0 Å². The van der Waals surface area contributed by atoms with Crippen molar-refractivity contribution in [3.63, 3.8) is 0 Å². The van der Waals surface area contributed by atoms with Gasteiger partial charge in [0.05, 0.1) is 0 Å². The monoisotopic (exact) mass is 163 g/mol. The minimum Gasteiger partial charge on any atom is -0.508 e. The first-order valence-electron chi connectivity index (χ1n) is 3.77. The highest BCUT2D eigenvalue weighted by molar-refractivity contribution is 5.37. The Balaban J connectivity index is 2.99. The van der Waals surface area contributed by atoms with Crippen molar-refractivity contribution < 1.29 is 10.2 Å². The zero-order valence-corrected chi connectivity index (χ0v) is 6.79. The van der Waals surface area contributed by atoms with E-state index in [0.717, 1.165) is 5.56 Å². The average Bonchev–Trinajstić information content (AvgIpc) is 2.09. The molecular formula is C10H11O2. The second-order valence-corrected chi connectivity index (χ2v) is 2.60. The van der Waals surface area contributed by atoms with Gasteiger partial charge in [0.15, 0.2) is 0 Å². The Bertz CT molecular complexity index is 279. The van der Waals surface area contributed by atoms with Gasteiger partial charge in [-0.25, -0.2) is 5.11 Å². The summed E-state index contributed by atoms with van der Waals surface area (Å²) < 4.78 is 0. The Morgan fingerprint density at radius 2 is 2.25 bits per heavy atom. The van der Waals surface area contributed by atoms with Gasteiger partial charge in [0.1, 0.15) is 12.4 Å². The number of hydrogen-bond acceptors (Lipinski definition) is 1. The van der Waals surface area contributed by atoms with Crippen molar-refractivity contribution in [2.75, 3.05) is 0 Å². The number of phenols is 1. The number of aromatic hydroxyl groups is 1. The lowest BCUT2D eigenvalue weighted by Gasteiger charge is -2.02. The topological polar surface area (TPSA) is 40.1 Å². The molecule has 1 rings (SSSR count). The molecule has 0 spiro atoms. The fourth-order valence-corrected chi connectivity index (χ4v) is 1.05. The lowest BCUT2D eigenvalue weighted by Crippen LogP contribution is -1.87. The highest BCUT2D eigenvalue weighted by Gasteiger charge is 2.00. The molecule has 0 saturated heterocycles. The lowest BCUT2D eigenvalue weighted by molar-refractivity contribution is 0.177. The second-order valence-electron chi connectivity index (χ2n) is 2.60. The first kappa shape index (κ1) is 8.81. The molecule has 0 atom stereocenters. The maximum Gasteiger partial charge on any atom is 0.119 e. The van der Waals surface area contributed by atoms with Gasteiger partial charge in [-0.05, 0) is 29.7 Å². The molecule has 0 bridgehead atoms. The van der Waals surface area contributed by atoms with Crippen LogP contribution in [0.15, 0.2) is 30.9 Å². The Morgan fingerprint density at radius 3 is 2.83 bits per heavy atom. The van der Waals surface area contributed by atoms with E-state index in [1.54, 1.807) is 24.3 Å². The zero-order chi connectivity index (χ0) is 8.97. The van der Waals surface area contributed by atoms with E-state index in [9.17, 15) is 10.2 Å². The fraction of sp³-hybridized carbons (Fsp3) is 0.200. The smallest absolute Gasteiger partial charge is 0.119 e. The number of rotatable bonds is 3. The zero-order valence-electron chi connectivity index (χ0n) is 6.79. The number of phenolic OH excluding ortho intramolecular Hbond substituents is 1. The predicted molar refractivity (Wildman–Crippen MR) is 46.4 cm³/mol. The van der Waals surface area contributed by atoms with Crippen LogP contribution in [0, 0.1) is 0 Å². The summed E-state index contributed by atoms with van der Waals surface area (Å²) in [5.74, 6) is 0.229. The van der Waals surface area contributed by atoms with E-state index < -0.39 is 0 Å². The van der Waals surface area contributed by atoms with Crippen LogP contribution in [0.4, 0.5) is 0 Å². The van der Waals surface area contributed by atoms with Crippen LogP contribution in [-0.4, -0.2) is 5.11 Å². The Morgan fingerprint density at radius 1 is 1.50 bits per heavy atom. The van der Waals surface area contributed by atoms with E-state index in [1.165, 1.54) is 0 Å². The van der Waals surface area contributed by atoms with Crippen LogP contribution in [0.3, 0.4) is 0 Å². The summed E-state index contributed by atoms with van der Waals surface area (Å²) in [6.45, 7) is 3.32. The SMILES string of the molecule is C=CCc1cc(C[O])ccc1O. The third-order valence-electron chi connectivity index (χ3n) is 1.67. The van der Waals surface area contributed by atoms with E-state index in [-0.39, 0.29) is 12.4 Å². The van der Waals surface area contributed by atoms with E-state index in [2.05, 4.69) is 6.58 Å². The normalized spacial score (nSPS) is 9.75. The first-order chi connectivity index (χ1) is 5.77. The third kappa shape index (κ3) is 1.86. The van der Waals surface area contributed by atoms with Crippen molar-refractivity contribution in [3.05, 3.63) is 42.0 Å². The molecule has 1 N–H and O–H groups in total. The molecule has 63 valence electrons. The van der Waals surface area contributed by atoms with Gasteiger partial charge in [-0.1, -0.05) is 12.1 Å². The molecule has 0 aliphatic carbocycles. The van der Waals surface area contributed by atoms with E-state index in [4.69, 9.17) is 0 Å². The Hall–Kier alpha value is -1.28. The molecule has 0 amide bonds. The van der Waals surface area contributed by atoms with E-state index in [1.807, 2.05) is 0 Å². The van der Waals surface area contributed by atoms with E-state index in [0.29, 0.717) is 12.0 Å².